The molecule has 1 aliphatic rings. The molecule has 1 aromatic heterocycles. The summed E-state index contributed by atoms with van der Waals surface area (Å²) in [6, 6.07) is 17.8. The van der Waals surface area contributed by atoms with Crippen LogP contribution in [0.5, 0.6) is 0 Å². The Kier molecular flexibility index (Phi) is 10.3. The monoisotopic (exact) mass is 647 g/mol. The van der Waals surface area contributed by atoms with Crippen LogP contribution in [-0.4, -0.2) is 86.9 Å². The molecule has 0 bridgehead atoms. The average molecular weight is 648 g/mol. The second-order valence-corrected chi connectivity index (χ2v) is 11.8. The van der Waals surface area contributed by atoms with E-state index in [0.29, 0.717) is 49.9 Å². The molecule has 46 heavy (non-hydrogen) atoms. The number of benzene rings is 3. The highest BCUT2D eigenvalue weighted by Crippen LogP contribution is 2.23. The molecule has 10 nitrogen and oxygen atoms in total. The molecule has 3 amide bonds. The van der Waals surface area contributed by atoms with Gasteiger partial charge in [-0.1, -0.05) is 35.9 Å². The van der Waals surface area contributed by atoms with E-state index in [1.54, 1.807) is 35.2 Å². The summed E-state index contributed by atoms with van der Waals surface area (Å²) in [5, 5.41) is 6.36. The highest BCUT2D eigenvalue weighted by molar-refractivity contribution is 6.30. The van der Waals surface area contributed by atoms with E-state index >= 15 is 0 Å². The number of likely N-dealkylation sites (N-methyl/N-ethyl adjacent to an activating group) is 1. The zero-order valence-electron chi connectivity index (χ0n) is 25.6. The number of hydrogen-bond donors (Lipinski definition) is 2. The molecule has 240 valence electrons. The Bertz CT molecular complexity index is 1790. The van der Waals surface area contributed by atoms with Gasteiger partial charge in [-0.3, -0.25) is 19.2 Å². The van der Waals surface area contributed by atoms with E-state index < -0.39 is 23.2 Å². The summed E-state index contributed by atoms with van der Waals surface area (Å²) >= 11 is 6.06. The van der Waals surface area contributed by atoms with Gasteiger partial charge in [0, 0.05) is 68.5 Å². The predicted molar refractivity (Wildman–Crippen MR) is 175 cm³/mol. The van der Waals surface area contributed by atoms with Crippen molar-refractivity contribution < 1.29 is 23.2 Å². The maximum absolute atomic E-state index is 13.9. The van der Waals surface area contributed by atoms with E-state index in [9.17, 15) is 23.6 Å². The van der Waals surface area contributed by atoms with Gasteiger partial charge in [-0.15, -0.1) is 0 Å². The smallest absolute Gasteiger partial charge is 0.287 e. The number of rotatable bonds is 10. The zero-order chi connectivity index (χ0) is 32.8. The van der Waals surface area contributed by atoms with Gasteiger partial charge in [0.25, 0.3) is 11.8 Å². The van der Waals surface area contributed by atoms with Gasteiger partial charge in [0.1, 0.15) is 17.4 Å². The first kappa shape index (κ1) is 32.6. The lowest BCUT2D eigenvalue weighted by atomic mass is 10.0. The van der Waals surface area contributed by atoms with Gasteiger partial charge in [0.2, 0.25) is 5.91 Å². The van der Waals surface area contributed by atoms with Crippen LogP contribution in [0.2, 0.25) is 5.02 Å². The summed E-state index contributed by atoms with van der Waals surface area (Å²) in [6.07, 6.45) is 0.157. The SMILES string of the molecule is CN(C)CCNC(=O)c1ccccc1N1CCN(C(=O)[C@@H](Cc2ccc(Cl)cc2)NC(=O)c2cc(=O)c3ccc(F)cc3o2)CC1. The molecule has 3 aromatic carbocycles. The summed E-state index contributed by atoms with van der Waals surface area (Å²) in [5.74, 6) is -2.20. The Labute approximate surface area is 270 Å². The van der Waals surface area contributed by atoms with Crippen molar-refractivity contribution in [2.24, 2.45) is 0 Å². The number of hydrogen-bond acceptors (Lipinski definition) is 7. The van der Waals surface area contributed by atoms with Crippen molar-refractivity contribution in [3.63, 3.8) is 0 Å². The van der Waals surface area contributed by atoms with Crippen molar-refractivity contribution in [3.8, 4) is 0 Å². The Balaban J connectivity index is 1.31. The molecule has 5 rings (SSSR count). The van der Waals surface area contributed by atoms with Crippen LogP contribution in [-0.2, 0) is 11.2 Å². The second-order valence-electron chi connectivity index (χ2n) is 11.4. The number of anilines is 1. The number of carbonyl (C=O) groups excluding carboxylic acids is 3. The first-order valence-corrected chi connectivity index (χ1v) is 15.3. The van der Waals surface area contributed by atoms with Crippen LogP contribution >= 0.6 is 11.6 Å². The van der Waals surface area contributed by atoms with E-state index in [2.05, 4.69) is 15.5 Å². The third-order valence-electron chi connectivity index (χ3n) is 7.80. The molecule has 4 aromatic rings. The minimum absolute atomic E-state index is 0.0685. The van der Waals surface area contributed by atoms with Gasteiger partial charge in [-0.2, -0.15) is 0 Å². The molecule has 0 saturated carbocycles. The summed E-state index contributed by atoms with van der Waals surface area (Å²) in [6.45, 7) is 2.89. The van der Waals surface area contributed by atoms with Crippen molar-refractivity contribution in [1.29, 1.82) is 0 Å². The average Bonchev–Trinajstić information content (AvgIpc) is 3.04. The van der Waals surface area contributed by atoms with Crippen LogP contribution in [0.1, 0.15) is 26.5 Å². The Morgan fingerprint density at radius 2 is 1.67 bits per heavy atom. The topological polar surface area (TPSA) is 115 Å². The molecular formula is C34H35ClFN5O5. The number of piperazine rings is 1. The van der Waals surface area contributed by atoms with Crippen molar-refractivity contribution in [3.05, 3.63) is 111 Å². The van der Waals surface area contributed by atoms with Gasteiger partial charge < -0.3 is 29.8 Å². The first-order valence-electron chi connectivity index (χ1n) is 14.9. The van der Waals surface area contributed by atoms with Crippen LogP contribution in [0.3, 0.4) is 0 Å². The third kappa shape index (κ3) is 7.91. The quantitative estimate of drug-likeness (QED) is 0.271. The molecule has 1 fully saturated rings. The number of para-hydroxylation sites is 1. The standard InChI is InChI=1S/C34H35ClFN5O5/c1-39(2)14-13-37-32(43)25-5-3-4-6-28(25)40-15-17-41(18-16-40)34(45)27(19-22-7-9-23(35)10-8-22)38-33(44)31-21-29(42)26-12-11-24(36)20-30(26)46-31/h3-12,20-21,27H,13-19H2,1-2H3,(H,37,43)(H,38,44)/t27-/m1/s1. The van der Waals surface area contributed by atoms with Crippen LogP contribution in [0.4, 0.5) is 10.1 Å². The number of nitrogens with zero attached hydrogens (tertiary/aromatic N) is 3. The Morgan fingerprint density at radius 1 is 0.957 bits per heavy atom. The molecule has 0 radical (unpaired) electrons. The van der Waals surface area contributed by atoms with E-state index in [1.807, 2.05) is 37.2 Å². The van der Waals surface area contributed by atoms with Crippen LogP contribution in [0, 0.1) is 5.82 Å². The maximum Gasteiger partial charge on any atom is 0.287 e. The highest BCUT2D eigenvalue weighted by atomic mass is 35.5. The minimum Gasteiger partial charge on any atom is -0.451 e. The van der Waals surface area contributed by atoms with Gasteiger partial charge in [0.05, 0.1) is 10.9 Å². The molecule has 2 N–H and O–H groups in total. The van der Waals surface area contributed by atoms with Crippen LogP contribution in [0.25, 0.3) is 11.0 Å². The Morgan fingerprint density at radius 3 is 2.39 bits per heavy atom. The predicted octanol–water partition coefficient (Wildman–Crippen LogP) is 3.57. The zero-order valence-corrected chi connectivity index (χ0v) is 26.4. The summed E-state index contributed by atoms with van der Waals surface area (Å²) in [4.78, 5) is 58.6. The van der Waals surface area contributed by atoms with Crippen molar-refractivity contribution in [2.45, 2.75) is 12.5 Å². The fourth-order valence-corrected chi connectivity index (χ4v) is 5.47. The minimum atomic E-state index is -0.997. The molecule has 0 aliphatic carbocycles. The van der Waals surface area contributed by atoms with Gasteiger partial charge in [-0.05, 0) is 56.1 Å². The fraction of sp³-hybridized carbons (Fsp3) is 0.294. The Hall–Kier alpha value is -4.74. The number of carbonyl (C=O) groups is 3. The van der Waals surface area contributed by atoms with Gasteiger partial charge >= 0.3 is 0 Å². The number of nitrogens with one attached hydrogen (secondary N) is 2. The van der Waals surface area contributed by atoms with E-state index in [4.69, 9.17) is 16.0 Å². The molecule has 1 atom stereocenters. The summed E-state index contributed by atoms with van der Waals surface area (Å²) < 4.78 is 19.4. The van der Waals surface area contributed by atoms with Crippen LogP contribution in [0.15, 0.2) is 82.0 Å². The lowest BCUT2D eigenvalue weighted by Crippen LogP contribution is -2.55. The second kappa shape index (κ2) is 14.6. The molecule has 1 saturated heterocycles. The largest absolute Gasteiger partial charge is 0.451 e. The number of halogens is 2. The van der Waals surface area contributed by atoms with Crippen molar-refractivity contribution in [2.75, 3.05) is 58.3 Å². The summed E-state index contributed by atoms with van der Waals surface area (Å²) in [5.41, 5.74) is 1.53. The maximum atomic E-state index is 13.9. The summed E-state index contributed by atoms with van der Waals surface area (Å²) in [7, 11) is 3.88. The molecule has 12 heteroatoms. The van der Waals surface area contributed by atoms with Gasteiger partial charge in [-0.25, -0.2) is 4.39 Å². The van der Waals surface area contributed by atoms with E-state index in [-0.39, 0.29) is 35.0 Å². The molecule has 0 spiro atoms. The number of amides is 3. The highest BCUT2D eigenvalue weighted by Gasteiger charge is 2.31. The van der Waals surface area contributed by atoms with E-state index in [0.717, 1.165) is 29.4 Å². The van der Waals surface area contributed by atoms with Crippen molar-refractivity contribution in [1.82, 2.24) is 20.4 Å². The molecule has 1 aliphatic heterocycles. The lowest BCUT2D eigenvalue weighted by molar-refractivity contribution is -0.133. The molecule has 2 heterocycles. The lowest BCUT2D eigenvalue weighted by Gasteiger charge is -2.38. The molecular weight excluding hydrogens is 613 g/mol. The van der Waals surface area contributed by atoms with Crippen LogP contribution < -0.4 is 21.0 Å². The van der Waals surface area contributed by atoms with Crippen molar-refractivity contribution >= 4 is 46.0 Å². The first-order chi connectivity index (χ1) is 22.1. The normalized spacial score (nSPS) is 13.9. The molecule has 0 unspecified atom stereocenters. The van der Waals surface area contributed by atoms with Gasteiger partial charge in [0.15, 0.2) is 11.2 Å². The fourth-order valence-electron chi connectivity index (χ4n) is 5.34. The number of fused-ring (bicyclic) bond motifs is 1. The third-order valence-corrected chi connectivity index (χ3v) is 8.05. The van der Waals surface area contributed by atoms with E-state index in [1.165, 1.54) is 6.07 Å².